The van der Waals surface area contributed by atoms with Crippen LogP contribution in [0.15, 0.2) is 12.1 Å². The molecular weight excluding hydrogens is 356 g/mol. The van der Waals surface area contributed by atoms with Gasteiger partial charge in [-0.05, 0) is 74.0 Å². The van der Waals surface area contributed by atoms with Crippen molar-refractivity contribution in [3.8, 4) is 0 Å². The highest BCUT2D eigenvalue weighted by Gasteiger charge is 2.16. The quantitative estimate of drug-likeness (QED) is 0.626. The molecule has 0 atom stereocenters. The summed E-state index contributed by atoms with van der Waals surface area (Å²) in [7, 11) is 2.17. The summed E-state index contributed by atoms with van der Waals surface area (Å²) < 4.78 is 14.0. The fourth-order valence-electron chi connectivity index (χ4n) is 2.48. The summed E-state index contributed by atoms with van der Waals surface area (Å²) in [6.07, 6.45) is 3.64. The highest BCUT2D eigenvalue weighted by molar-refractivity contribution is 14.1. The summed E-state index contributed by atoms with van der Waals surface area (Å²) in [4.78, 5) is 2.37. The van der Waals surface area contributed by atoms with Crippen LogP contribution in [0.5, 0.6) is 0 Å². The predicted molar refractivity (Wildman–Crippen MR) is 86.9 cm³/mol. The maximum Gasteiger partial charge on any atom is 0.138 e. The molecule has 0 radical (unpaired) electrons. The van der Waals surface area contributed by atoms with Crippen LogP contribution in [0.25, 0.3) is 0 Å². The van der Waals surface area contributed by atoms with E-state index in [1.165, 1.54) is 32.0 Å². The lowest BCUT2D eigenvalue weighted by Gasteiger charge is -2.29. The minimum Gasteiger partial charge on any atom is -0.397 e. The van der Waals surface area contributed by atoms with Crippen LogP contribution < -0.4 is 11.1 Å². The minimum atomic E-state index is -0.211. The lowest BCUT2D eigenvalue weighted by Crippen LogP contribution is -2.30. The Balaban J connectivity index is 1.81. The topological polar surface area (TPSA) is 41.3 Å². The molecule has 3 N–H and O–H groups in total. The lowest BCUT2D eigenvalue weighted by molar-refractivity contribution is 0.215. The van der Waals surface area contributed by atoms with Crippen LogP contribution >= 0.6 is 22.6 Å². The van der Waals surface area contributed by atoms with E-state index in [1.807, 2.05) is 22.6 Å². The summed E-state index contributed by atoms with van der Waals surface area (Å²) in [5.41, 5.74) is 7.22. The molecule has 2 rings (SSSR count). The number of anilines is 2. The maximum atomic E-state index is 13.5. The Morgan fingerprint density at radius 3 is 2.79 bits per heavy atom. The summed E-state index contributed by atoms with van der Waals surface area (Å²) in [6.45, 7) is 3.23. The number of benzene rings is 1. The second-order valence-electron chi connectivity index (χ2n) is 5.32. The number of halogens is 2. The van der Waals surface area contributed by atoms with E-state index in [4.69, 9.17) is 5.73 Å². The molecule has 1 aromatic carbocycles. The minimum absolute atomic E-state index is 0.211. The molecule has 0 spiro atoms. The molecule has 0 bridgehead atoms. The first kappa shape index (κ1) is 14.8. The van der Waals surface area contributed by atoms with Gasteiger partial charge in [0.25, 0.3) is 0 Å². The molecule has 1 aliphatic rings. The zero-order valence-electron chi connectivity index (χ0n) is 11.3. The van der Waals surface area contributed by atoms with Gasteiger partial charge >= 0.3 is 0 Å². The van der Waals surface area contributed by atoms with Crippen LogP contribution in [0.2, 0.25) is 0 Å². The van der Waals surface area contributed by atoms with E-state index in [2.05, 4.69) is 17.3 Å². The normalized spacial score (nSPS) is 17.6. The van der Waals surface area contributed by atoms with Gasteiger partial charge in [0.05, 0.1) is 14.9 Å². The summed E-state index contributed by atoms with van der Waals surface area (Å²) in [5.74, 6) is 0.565. The number of nitrogens with one attached hydrogen (secondary N) is 1. The van der Waals surface area contributed by atoms with E-state index in [0.717, 1.165) is 18.9 Å². The van der Waals surface area contributed by atoms with Crippen LogP contribution in [-0.2, 0) is 0 Å². The smallest absolute Gasteiger partial charge is 0.138 e. The van der Waals surface area contributed by atoms with E-state index < -0.39 is 0 Å². The van der Waals surface area contributed by atoms with Crippen LogP contribution in [-0.4, -0.2) is 31.6 Å². The van der Waals surface area contributed by atoms with Crippen LogP contribution in [0, 0.1) is 15.3 Å². The zero-order valence-corrected chi connectivity index (χ0v) is 13.4. The van der Waals surface area contributed by atoms with Crippen molar-refractivity contribution in [2.75, 3.05) is 37.7 Å². The van der Waals surface area contributed by atoms with Crippen LogP contribution in [0.3, 0.4) is 0 Å². The predicted octanol–water partition coefficient (Wildman–Crippen LogP) is 3.16. The summed E-state index contributed by atoms with van der Waals surface area (Å²) in [6, 6.07) is 3.17. The van der Waals surface area contributed by atoms with E-state index in [1.54, 1.807) is 6.07 Å². The molecule has 0 aliphatic carbocycles. The van der Waals surface area contributed by atoms with E-state index in [9.17, 15) is 4.39 Å². The molecule has 3 nitrogen and oxygen atoms in total. The Hall–Kier alpha value is -0.560. The molecule has 1 fully saturated rings. The Kier molecular flexibility index (Phi) is 5.27. The van der Waals surface area contributed by atoms with Crippen molar-refractivity contribution in [3.63, 3.8) is 0 Å². The molecule has 1 heterocycles. The Morgan fingerprint density at radius 2 is 2.11 bits per heavy atom. The first-order valence-electron chi connectivity index (χ1n) is 6.73. The van der Waals surface area contributed by atoms with Crippen molar-refractivity contribution in [1.29, 1.82) is 0 Å². The van der Waals surface area contributed by atoms with Gasteiger partial charge in [0, 0.05) is 12.6 Å². The third-order valence-electron chi connectivity index (χ3n) is 3.80. The number of likely N-dealkylation sites (tertiary alicyclic amines) is 1. The molecule has 5 heteroatoms. The molecule has 106 valence electrons. The molecule has 0 aromatic heterocycles. The Morgan fingerprint density at radius 1 is 1.42 bits per heavy atom. The number of nitrogens with two attached hydrogens (primary N) is 1. The molecule has 0 saturated carbocycles. The highest BCUT2D eigenvalue weighted by atomic mass is 127. The molecule has 0 amide bonds. The van der Waals surface area contributed by atoms with Crippen LogP contribution in [0.4, 0.5) is 15.8 Å². The Bertz CT molecular complexity index is 431. The summed E-state index contributed by atoms with van der Waals surface area (Å²) >= 11 is 1.95. The van der Waals surface area contributed by atoms with Gasteiger partial charge in [-0.2, -0.15) is 0 Å². The monoisotopic (exact) mass is 377 g/mol. The number of nitrogen functional groups attached to an aromatic ring is 1. The van der Waals surface area contributed by atoms with E-state index in [-0.39, 0.29) is 5.82 Å². The van der Waals surface area contributed by atoms with Gasteiger partial charge in [-0.1, -0.05) is 0 Å². The highest BCUT2D eigenvalue weighted by Crippen LogP contribution is 2.25. The fraction of sp³-hybridized carbons (Fsp3) is 0.571. The van der Waals surface area contributed by atoms with Gasteiger partial charge in [-0.15, -0.1) is 0 Å². The molecular formula is C14H21FIN3. The second kappa shape index (κ2) is 6.74. The maximum absolute atomic E-state index is 13.5. The third-order valence-corrected chi connectivity index (χ3v) is 4.63. The van der Waals surface area contributed by atoms with Gasteiger partial charge in [0.2, 0.25) is 0 Å². The third kappa shape index (κ3) is 4.21. The standard InChI is InChI=1S/C14H21FIN3/c1-19-6-3-10(4-7-19)2-5-18-14-8-11(15)12(16)9-13(14)17/h8-10,18H,2-7,17H2,1H3. The Labute approximate surface area is 127 Å². The number of piperidine rings is 1. The average molecular weight is 377 g/mol. The SMILES string of the molecule is CN1CCC(CCNc2cc(F)c(I)cc2N)CC1. The van der Waals surface area contributed by atoms with Gasteiger partial charge in [-0.25, -0.2) is 4.39 Å². The molecule has 1 aromatic rings. The first-order valence-corrected chi connectivity index (χ1v) is 7.81. The number of hydrogen-bond donors (Lipinski definition) is 2. The van der Waals surface area contributed by atoms with Crippen molar-refractivity contribution in [2.24, 2.45) is 5.92 Å². The van der Waals surface area contributed by atoms with E-state index >= 15 is 0 Å². The van der Waals surface area contributed by atoms with Crippen molar-refractivity contribution < 1.29 is 4.39 Å². The van der Waals surface area contributed by atoms with Crippen molar-refractivity contribution in [3.05, 3.63) is 21.5 Å². The van der Waals surface area contributed by atoms with Crippen molar-refractivity contribution >= 4 is 34.0 Å². The molecule has 19 heavy (non-hydrogen) atoms. The zero-order chi connectivity index (χ0) is 13.8. The summed E-state index contributed by atoms with van der Waals surface area (Å²) in [5, 5.41) is 3.26. The molecule has 1 saturated heterocycles. The fourth-order valence-corrected chi connectivity index (χ4v) is 2.97. The van der Waals surface area contributed by atoms with Crippen LogP contribution in [0.1, 0.15) is 19.3 Å². The van der Waals surface area contributed by atoms with Crippen molar-refractivity contribution in [2.45, 2.75) is 19.3 Å². The van der Waals surface area contributed by atoms with Gasteiger partial charge in [-0.3, -0.25) is 0 Å². The molecule has 1 aliphatic heterocycles. The number of hydrogen-bond acceptors (Lipinski definition) is 3. The first-order chi connectivity index (χ1) is 9.06. The number of rotatable bonds is 4. The van der Waals surface area contributed by atoms with Gasteiger partial charge in [0.1, 0.15) is 5.82 Å². The van der Waals surface area contributed by atoms with Gasteiger partial charge < -0.3 is 16.0 Å². The van der Waals surface area contributed by atoms with Gasteiger partial charge in [0.15, 0.2) is 0 Å². The largest absolute Gasteiger partial charge is 0.397 e. The molecule has 0 unspecified atom stereocenters. The average Bonchev–Trinajstić information content (AvgIpc) is 2.38. The lowest BCUT2D eigenvalue weighted by atomic mass is 9.94. The number of nitrogens with zero attached hydrogens (tertiary/aromatic N) is 1. The second-order valence-corrected chi connectivity index (χ2v) is 6.48. The van der Waals surface area contributed by atoms with Crippen molar-refractivity contribution in [1.82, 2.24) is 4.90 Å². The van der Waals surface area contributed by atoms with E-state index in [0.29, 0.717) is 14.9 Å².